The molecule has 31 heavy (non-hydrogen) atoms. The molecule has 1 aliphatic rings. The van der Waals surface area contributed by atoms with Gasteiger partial charge in [0.15, 0.2) is 11.7 Å². The van der Waals surface area contributed by atoms with E-state index in [0.29, 0.717) is 11.3 Å². The summed E-state index contributed by atoms with van der Waals surface area (Å²) in [6.45, 7) is 1.61. The molecule has 0 saturated heterocycles. The molecule has 3 aromatic rings. The third-order valence-corrected chi connectivity index (χ3v) is 6.39. The summed E-state index contributed by atoms with van der Waals surface area (Å²) in [5.41, 5.74) is 0.753. The summed E-state index contributed by atoms with van der Waals surface area (Å²) in [5, 5.41) is 20.7. The van der Waals surface area contributed by atoms with Crippen molar-refractivity contribution in [2.24, 2.45) is 0 Å². The Morgan fingerprint density at radius 2 is 2.06 bits per heavy atom. The molecular weight excluding hydrogens is 453 g/mol. The maximum atomic E-state index is 13.8. The van der Waals surface area contributed by atoms with Crippen molar-refractivity contribution in [3.05, 3.63) is 62.9 Å². The van der Waals surface area contributed by atoms with Crippen molar-refractivity contribution < 1.29 is 23.1 Å². The second kappa shape index (κ2) is 8.18. The predicted molar refractivity (Wildman–Crippen MR) is 113 cm³/mol. The van der Waals surface area contributed by atoms with Crippen molar-refractivity contribution >= 4 is 40.4 Å². The standard InChI is InChI=1S/C20H18ClF3N4O2S/c1-10(29)11-4-6-12(7-5-11)25-19(30)17-16(21)18-26-13(14-3-2-8-31-14)9-15(20(22,23)24)28(18)27-17/h2-8,10,13,15,26,29H,9H2,1H3,(H,25,30)/t10-,13+,15-/m0/s1. The lowest BCUT2D eigenvalue weighted by atomic mass is 10.0. The fourth-order valence-electron chi connectivity index (χ4n) is 3.45. The average Bonchev–Trinajstić information content (AvgIpc) is 3.35. The van der Waals surface area contributed by atoms with Gasteiger partial charge in [0.25, 0.3) is 5.91 Å². The summed E-state index contributed by atoms with van der Waals surface area (Å²) in [4.78, 5) is 13.4. The van der Waals surface area contributed by atoms with Crippen molar-refractivity contribution in [2.45, 2.75) is 37.7 Å². The Kier molecular flexibility index (Phi) is 5.71. The maximum Gasteiger partial charge on any atom is 0.410 e. The molecule has 0 spiro atoms. The molecule has 1 aliphatic heterocycles. The van der Waals surface area contributed by atoms with Gasteiger partial charge >= 0.3 is 6.18 Å². The Hall–Kier alpha value is -2.56. The number of benzene rings is 1. The van der Waals surface area contributed by atoms with Crippen LogP contribution in [-0.4, -0.2) is 27.0 Å². The average molecular weight is 471 g/mol. The van der Waals surface area contributed by atoms with E-state index in [9.17, 15) is 23.1 Å². The van der Waals surface area contributed by atoms with Crippen LogP contribution in [0.3, 0.4) is 0 Å². The smallest absolute Gasteiger partial charge is 0.389 e. The highest BCUT2D eigenvalue weighted by Gasteiger charge is 2.48. The van der Waals surface area contributed by atoms with Gasteiger partial charge in [-0.15, -0.1) is 11.3 Å². The van der Waals surface area contributed by atoms with E-state index in [4.69, 9.17) is 11.6 Å². The number of carbonyl (C=O) groups excluding carboxylic acids is 1. The van der Waals surface area contributed by atoms with Crippen molar-refractivity contribution in [3.8, 4) is 0 Å². The van der Waals surface area contributed by atoms with Gasteiger partial charge < -0.3 is 15.7 Å². The first-order valence-corrected chi connectivity index (χ1v) is 10.6. The number of rotatable bonds is 4. The van der Waals surface area contributed by atoms with E-state index in [2.05, 4.69) is 15.7 Å². The number of aliphatic hydroxyl groups is 1. The molecule has 1 amide bonds. The monoisotopic (exact) mass is 470 g/mol. The molecule has 11 heteroatoms. The summed E-state index contributed by atoms with van der Waals surface area (Å²) in [6.07, 6.45) is -5.50. The summed E-state index contributed by atoms with van der Waals surface area (Å²) < 4.78 is 42.1. The number of nitrogens with one attached hydrogen (secondary N) is 2. The van der Waals surface area contributed by atoms with Crippen molar-refractivity contribution in [1.29, 1.82) is 0 Å². The van der Waals surface area contributed by atoms with Crippen molar-refractivity contribution in [2.75, 3.05) is 10.6 Å². The molecule has 164 valence electrons. The molecule has 3 heterocycles. The van der Waals surface area contributed by atoms with Gasteiger partial charge in [-0.2, -0.15) is 18.3 Å². The number of amides is 1. The topological polar surface area (TPSA) is 79.2 Å². The fourth-order valence-corrected chi connectivity index (χ4v) is 4.50. The Morgan fingerprint density at radius 1 is 1.35 bits per heavy atom. The van der Waals surface area contributed by atoms with Crippen LogP contribution in [-0.2, 0) is 0 Å². The highest BCUT2D eigenvalue weighted by atomic mass is 35.5. The maximum absolute atomic E-state index is 13.8. The van der Waals surface area contributed by atoms with E-state index in [1.807, 2.05) is 0 Å². The first kappa shape index (κ1) is 21.7. The first-order chi connectivity index (χ1) is 14.6. The van der Waals surface area contributed by atoms with Crippen molar-refractivity contribution in [1.82, 2.24) is 9.78 Å². The Bertz CT molecular complexity index is 1080. The summed E-state index contributed by atoms with van der Waals surface area (Å²) >= 11 is 7.65. The van der Waals surface area contributed by atoms with Gasteiger partial charge in [0.2, 0.25) is 0 Å². The SMILES string of the molecule is C[C@H](O)c1ccc(NC(=O)c2nn3c(c2Cl)N[C@@H](c2cccs2)C[C@H]3C(F)(F)F)cc1. The second-order valence-electron chi connectivity index (χ2n) is 7.21. The number of nitrogens with zero attached hydrogens (tertiary/aromatic N) is 2. The van der Waals surface area contributed by atoms with Gasteiger partial charge in [0.05, 0.1) is 12.1 Å². The normalized spacial score (nSPS) is 19.4. The molecular formula is C20H18ClF3N4O2S. The molecule has 0 aliphatic carbocycles. The number of alkyl halides is 3. The van der Waals surface area contributed by atoms with Gasteiger partial charge in [0.1, 0.15) is 10.8 Å². The lowest BCUT2D eigenvalue weighted by Gasteiger charge is -2.32. The van der Waals surface area contributed by atoms with Gasteiger partial charge in [-0.3, -0.25) is 4.79 Å². The van der Waals surface area contributed by atoms with Crippen LogP contribution in [0.2, 0.25) is 5.02 Å². The van der Waals surface area contributed by atoms with Crippen LogP contribution in [0.25, 0.3) is 0 Å². The number of carbonyl (C=O) groups is 1. The fraction of sp³-hybridized carbons (Fsp3) is 0.300. The number of hydrogen-bond acceptors (Lipinski definition) is 5. The Labute approximate surface area is 184 Å². The third kappa shape index (κ3) is 4.28. The molecule has 1 aromatic carbocycles. The van der Waals surface area contributed by atoms with Crippen LogP contribution in [0.5, 0.6) is 0 Å². The molecule has 4 rings (SSSR count). The van der Waals surface area contributed by atoms with E-state index in [0.717, 1.165) is 9.56 Å². The predicted octanol–water partition coefficient (Wildman–Crippen LogP) is 5.56. The molecule has 3 atom stereocenters. The zero-order chi connectivity index (χ0) is 22.3. The second-order valence-corrected chi connectivity index (χ2v) is 8.57. The van der Waals surface area contributed by atoms with Crippen LogP contribution in [0.1, 0.15) is 52.5 Å². The lowest BCUT2D eigenvalue weighted by Crippen LogP contribution is -2.35. The number of aliphatic hydroxyl groups excluding tert-OH is 1. The Balaban J connectivity index is 1.64. The van der Waals surface area contributed by atoms with Gasteiger partial charge in [0, 0.05) is 17.0 Å². The first-order valence-electron chi connectivity index (χ1n) is 9.39. The number of aromatic nitrogens is 2. The quantitative estimate of drug-likeness (QED) is 0.466. The minimum Gasteiger partial charge on any atom is -0.389 e. The number of thiophene rings is 1. The van der Waals surface area contributed by atoms with Crippen LogP contribution in [0.4, 0.5) is 24.7 Å². The van der Waals surface area contributed by atoms with Gasteiger partial charge in [-0.25, -0.2) is 4.68 Å². The Morgan fingerprint density at radius 3 is 2.65 bits per heavy atom. The zero-order valence-corrected chi connectivity index (χ0v) is 17.7. The zero-order valence-electron chi connectivity index (χ0n) is 16.2. The molecule has 0 bridgehead atoms. The molecule has 2 aromatic heterocycles. The van der Waals surface area contributed by atoms with Gasteiger partial charge in [-0.1, -0.05) is 29.8 Å². The van der Waals surface area contributed by atoms with Gasteiger partial charge in [-0.05, 0) is 36.1 Å². The van der Waals surface area contributed by atoms with E-state index < -0.39 is 30.3 Å². The van der Waals surface area contributed by atoms with E-state index in [1.54, 1.807) is 48.7 Å². The van der Waals surface area contributed by atoms with Crippen molar-refractivity contribution in [3.63, 3.8) is 0 Å². The highest BCUT2D eigenvalue weighted by Crippen LogP contribution is 2.46. The van der Waals surface area contributed by atoms with Crippen LogP contribution in [0.15, 0.2) is 41.8 Å². The lowest BCUT2D eigenvalue weighted by molar-refractivity contribution is -0.173. The van der Waals surface area contributed by atoms with Crippen LogP contribution >= 0.6 is 22.9 Å². The summed E-state index contributed by atoms with van der Waals surface area (Å²) in [5.74, 6) is -0.768. The molecule has 0 saturated carbocycles. The molecule has 0 fully saturated rings. The summed E-state index contributed by atoms with van der Waals surface area (Å²) in [6, 6.07) is 7.41. The van der Waals surface area contributed by atoms with E-state index >= 15 is 0 Å². The van der Waals surface area contributed by atoms with E-state index in [-0.39, 0.29) is 23.0 Å². The third-order valence-electron chi connectivity index (χ3n) is 5.05. The molecule has 0 unspecified atom stereocenters. The van der Waals surface area contributed by atoms with Crippen LogP contribution < -0.4 is 10.6 Å². The van der Waals surface area contributed by atoms with Crippen LogP contribution in [0, 0.1) is 0 Å². The minimum atomic E-state index is -4.56. The number of hydrogen-bond donors (Lipinski definition) is 3. The molecule has 6 nitrogen and oxygen atoms in total. The largest absolute Gasteiger partial charge is 0.410 e. The molecule has 0 radical (unpaired) electrons. The molecule has 3 N–H and O–H groups in total. The number of halogens is 4. The van der Waals surface area contributed by atoms with E-state index in [1.165, 1.54) is 11.3 Å². The number of anilines is 2. The minimum absolute atomic E-state index is 0.0387. The highest BCUT2D eigenvalue weighted by molar-refractivity contribution is 7.10. The summed E-state index contributed by atoms with van der Waals surface area (Å²) in [7, 11) is 0. The number of fused-ring (bicyclic) bond motifs is 1.